The van der Waals surface area contributed by atoms with Gasteiger partial charge in [-0.1, -0.05) is 4.91 Å². The van der Waals surface area contributed by atoms with Gasteiger partial charge < -0.3 is 0 Å². The number of nitrogens with zero attached hydrogens (tertiary/aromatic N) is 5. The van der Waals surface area contributed by atoms with Crippen LogP contribution in [0.2, 0.25) is 0 Å². The first-order chi connectivity index (χ1) is 4.88. The number of nitroso groups, excluding NO2 is 1. The summed E-state index contributed by atoms with van der Waals surface area (Å²) >= 11 is 0. The van der Waals surface area contributed by atoms with Crippen molar-refractivity contribution in [2.24, 2.45) is 20.4 Å². The summed E-state index contributed by atoms with van der Waals surface area (Å²) in [6.07, 6.45) is 2.54. The van der Waals surface area contributed by atoms with Crippen molar-refractivity contribution in [1.82, 2.24) is 0 Å². The Hall–Kier alpha value is -1.72. The van der Waals surface area contributed by atoms with Crippen LogP contribution < -0.4 is 0 Å². The summed E-state index contributed by atoms with van der Waals surface area (Å²) in [4.78, 5) is 14.3. The van der Waals surface area contributed by atoms with E-state index < -0.39 is 0 Å². The van der Waals surface area contributed by atoms with Crippen LogP contribution in [0, 0.1) is 4.91 Å². The van der Waals surface area contributed by atoms with Crippen LogP contribution in [0.5, 0.6) is 0 Å². The van der Waals surface area contributed by atoms with E-state index in [9.17, 15) is 4.91 Å². The summed E-state index contributed by atoms with van der Waals surface area (Å²) in [6, 6.07) is 0. The lowest BCUT2D eigenvalue weighted by Gasteiger charge is -1.89. The van der Waals surface area contributed by atoms with Crippen molar-refractivity contribution in [3.63, 3.8) is 0 Å². The van der Waals surface area contributed by atoms with Crippen LogP contribution in [-0.4, -0.2) is 16.9 Å². The van der Waals surface area contributed by atoms with Gasteiger partial charge in [-0.3, -0.25) is 0 Å². The lowest BCUT2D eigenvalue weighted by Crippen LogP contribution is -2.18. The fourth-order valence-electron chi connectivity index (χ4n) is 0.669. The minimum atomic E-state index is 0.204. The number of rotatable bonds is 0. The van der Waals surface area contributed by atoms with Crippen LogP contribution in [0.3, 0.4) is 0 Å². The number of hydrogen-bond acceptors (Lipinski definition) is 5. The number of fused-ring (bicyclic) bond motifs is 1. The molecule has 0 saturated carbocycles. The molecule has 0 unspecified atom stereocenters. The Kier molecular flexibility index (Phi) is 0.830. The molecule has 48 valence electrons. The zero-order valence-electron chi connectivity index (χ0n) is 4.80. The third-order valence-electron chi connectivity index (χ3n) is 1.10. The van der Waals surface area contributed by atoms with E-state index in [0.29, 0.717) is 10.5 Å². The normalized spacial score (nSPS) is 20.6. The fraction of sp³-hybridized carbons (Fsp3) is 0. The van der Waals surface area contributed by atoms with E-state index in [0.717, 1.165) is 6.34 Å². The van der Waals surface area contributed by atoms with E-state index in [1.807, 2.05) is 0 Å². The second kappa shape index (κ2) is 1.63. The molecule has 0 aromatic heterocycles. The molecule has 0 amide bonds. The zero-order chi connectivity index (χ0) is 6.97. The van der Waals surface area contributed by atoms with Crippen molar-refractivity contribution >= 4 is 12.2 Å². The Morgan fingerprint density at radius 3 is 3.20 bits per heavy atom. The van der Waals surface area contributed by atoms with Crippen LogP contribution in [0.4, 0.5) is 0 Å². The van der Waals surface area contributed by atoms with Gasteiger partial charge in [-0.15, -0.1) is 10.1 Å². The predicted octanol–water partition coefficient (Wildman–Crippen LogP) is 0.428. The van der Waals surface area contributed by atoms with Gasteiger partial charge in [-0.25, -0.2) is 0 Å². The highest BCUT2D eigenvalue weighted by atomic mass is 16.3. The van der Waals surface area contributed by atoms with Crippen molar-refractivity contribution in [1.29, 1.82) is 0 Å². The molecule has 0 aromatic carbocycles. The Balaban J connectivity index is 2.54. The molecule has 2 rings (SSSR count). The lowest BCUT2D eigenvalue weighted by molar-refractivity contribution is -0.283. The summed E-state index contributed by atoms with van der Waals surface area (Å²) in [7, 11) is 0. The number of aliphatic imine (C=N–C) groups is 1. The van der Waals surface area contributed by atoms with Crippen molar-refractivity contribution in [3.8, 4) is 0 Å². The molecule has 0 fully saturated rings. The quantitative estimate of drug-likeness (QED) is 0.445. The van der Waals surface area contributed by atoms with Crippen LogP contribution in [0.15, 0.2) is 32.3 Å². The van der Waals surface area contributed by atoms with Crippen LogP contribution >= 0.6 is 0 Å². The SMILES string of the molecule is O=[N+]1C=NC=C2N=NN=C21. The van der Waals surface area contributed by atoms with E-state index in [1.165, 1.54) is 6.20 Å². The first-order valence-electron chi connectivity index (χ1n) is 2.57. The summed E-state index contributed by atoms with van der Waals surface area (Å²) in [5.41, 5.74) is 0.414. The van der Waals surface area contributed by atoms with E-state index in [4.69, 9.17) is 0 Å². The Labute approximate surface area is 55.2 Å². The van der Waals surface area contributed by atoms with Gasteiger partial charge in [0.25, 0.3) is 6.34 Å². The topological polar surface area (TPSA) is 69.5 Å². The first kappa shape index (κ1) is 5.10. The second-order valence-electron chi connectivity index (χ2n) is 1.72. The molecule has 0 spiro atoms. The molecule has 0 aromatic rings. The molecule has 0 bridgehead atoms. The van der Waals surface area contributed by atoms with Gasteiger partial charge in [0.05, 0.1) is 0 Å². The molecule has 2 aliphatic heterocycles. The lowest BCUT2D eigenvalue weighted by atomic mass is 10.4. The largest absolute Gasteiger partial charge is 0.362 e. The summed E-state index contributed by atoms with van der Waals surface area (Å²) < 4.78 is 0.523. The first-order valence-corrected chi connectivity index (χ1v) is 2.57. The van der Waals surface area contributed by atoms with E-state index in [2.05, 4.69) is 20.4 Å². The van der Waals surface area contributed by atoms with Crippen molar-refractivity contribution in [3.05, 3.63) is 16.8 Å². The summed E-state index contributed by atoms with van der Waals surface area (Å²) in [5.74, 6) is 0.204. The summed E-state index contributed by atoms with van der Waals surface area (Å²) in [5, 5.41) is 10.3. The van der Waals surface area contributed by atoms with Gasteiger partial charge in [0.15, 0.2) is 0 Å². The molecule has 6 nitrogen and oxygen atoms in total. The maximum absolute atomic E-state index is 10.8. The average Bonchev–Trinajstić information content (AvgIpc) is 2.36. The van der Waals surface area contributed by atoms with Gasteiger partial charge in [0.2, 0.25) is 5.70 Å². The Morgan fingerprint density at radius 1 is 1.50 bits per heavy atom. The Bertz CT molecular complexity index is 304. The second-order valence-corrected chi connectivity index (χ2v) is 1.72. The smallest absolute Gasteiger partial charge is 0.113 e. The van der Waals surface area contributed by atoms with E-state index in [1.54, 1.807) is 0 Å². The van der Waals surface area contributed by atoms with Crippen LogP contribution in [0.25, 0.3) is 0 Å². The Morgan fingerprint density at radius 2 is 2.40 bits per heavy atom. The van der Waals surface area contributed by atoms with Crippen molar-refractivity contribution < 1.29 is 4.76 Å². The average molecular weight is 136 g/mol. The molecule has 2 aliphatic rings. The van der Waals surface area contributed by atoms with Crippen LogP contribution in [0.1, 0.15) is 0 Å². The minimum Gasteiger partial charge on any atom is -0.113 e. The zero-order valence-corrected chi connectivity index (χ0v) is 4.80. The van der Waals surface area contributed by atoms with Gasteiger partial charge in [0.1, 0.15) is 6.20 Å². The molecule has 2 heterocycles. The van der Waals surface area contributed by atoms with Crippen molar-refractivity contribution in [2.75, 3.05) is 0 Å². The molecule has 0 radical (unpaired) electrons. The predicted molar refractivity (Wildman–Crippen MR) is 32.5 cm³/mol. The minimum absolute atomic E-state index is 0.204. The maximum Gasteiger partial charge on any atom is 0.362 e. The molecule has 10 heavy (non-hydrogen) atoms. The maximum atomic E-state index is 10.8. The highest BCUT2D eigenvalue weighted by Gasteiger charge is 2.28. The van der Waals surface area contributed by atoms with Crippen molar-refractivity contribution in [2.45, 2.75) is 0 Å². The molecule has 0 aliphatic carbocycles. The summed E-state index contributed by atoms with van der Waals surface area (Å²) in [6.45, 7) is 0. The van der Waals surface area contributed by atoms with Gasteiger partial charge in [0, 0.05) is 15.1 Å². The third-order valence-corrected chi connectivity index (χ3v) is 1.10. The highest BCUT2D eigenvalue weighted by Crippen LogP contribution is 2.12. The monoisotopic (exact) mass is 136 g/mol. The number of hydrogen-bond donors (Lipinski definition) is 0. The van der Waals surface area contributed by atoms with E-state index in [-0.39, 0.29) is 5.84 Å². The third kappa shape index (κ3) is 0.524. The van der Waals surface area contributed by atoms with Gasteiger partial charge in [-0.05, 0) is 0 Å². The molecular weight excluding hydrogens is 134 g/mol. The highest BCUT2D eigenvalue weighted by molar-refractivity contribution is 5.96. The van der Waals surface area contributed by atoms with E-state index >= 15 is 0 Å². The number of amidine groups is 1. The van der Waals surface area contributed by atoms with Gasteiger partial charge >= 0.3 is 5.84 Å². The molecule has 0 N–H and O–H groups in total. The molecular formula is C4H2N5O+. The molecule has 0 saturated heterocycles. The molecule has 0 atom stereocenters. The van der Waals surface area contributed by atoms with Gasteiger partial charge in [-0.2, -0.15) is 0 Å². The fourth-order valence-corrected chi connectivity index (χ4v) is 0.669. The molecule has 6 heteroatoms. The van der Waals surface area contributed by atoms with Crippen LogP contribution in [-0.2, 0) is 0 Å². The standard InChI is InChI=1S/C4H2N5O/c10-9-2-5-1-3-4(9)7-8-6-3/h1-2H/q+1.